The molecule has 3 rings (SSSR count). The fourth-order valence-electron chi connectivity index (χ4n) is 1.86. The number of methoxy groups -OCH3 is 1. The van der Waals surface area contributed by atoms with Crippen molar-refractivity contribution in [3.05, 3.63) is 59.4 Å². The van der Waals surface area contributed by atoms with E-state index < -0.39 is 0 Å². The summed E-state index contributed by atoms with van der Waals surface area (Å²) >= 11 is 5.89. The zero-order valence-corrected chi connectivity index (χ0v) is 12.6. The van der Waals surface area contributed by atoms with Crippen LogP contribution in [0.5, 0.6) is 11.5 Å². The maximum atomic E-state index is 5.89. The summed E-state index contributed by atoms with van der Waals surface area (Å²) in [7, 11) is 1.62. The second kappa shape index (κ2) is 6.49. The van der Waals surface area contributed by atoms with Gasteiger partial charge in [-0.05, 0) is 42.5 Å². The van der Waals surface area contributed by atoms with Gasteiger partial charge in [0.1, 0.15) is 11.5 Å². The number of halogens is 1. The molecular formula is C16H13ClN2O3. The first kappa shape index (κ1) is 14.4. The van der Waals surface area contributed by atoms with Gasteiger partial charge in [-0.1, -0.05) is 17.7 Å². The van der Waals surface area contributed by atoms with Gasteiger partial charge in [0.2, 0.25) is 5.89 Å². The highest BCUT2D eigenvalue weighted by Gasteiger charge is 2.09. The lowest BCUT2D eigenvalue weighted by molar-refractivity contribution is 0.264. The van der Waals surface area contributed by atoms with E-state index in [4.69, 9.17) is 25.5 Å². The molecule has 2 aromatic carbocycles. The SMILES string of the molecule is COc1ccc(-c2nnc(COc3cccc(Cl)c3)o2)cc1. The Labute approximate surface area is 132 Å². The lowest BCUT2D eigenvalue weighted by atomic mass is 10.2. The Kier molecular flexibility index (Phi) is 4.25. The minimum Gasteiger partial charge on any atom is -0.497 e. The molecule has 0 spiro atoms. The van der Waals surface area contributed by atoms with Crippen LogP contribution >= 0.6 is 11.6 Å². The Morgan fingerprint density at radius 3 is 2.59 bits per heavy atom. The van der Waals surface area contributed by atoms with E-state index in [0.717, 1.165) is 11.3 Å². The molecule has 0 atom stereocenters. The highest BCUT2D eigenvalue weighted by Crippen LogP contribution is 2.22. The fraction of sp³-hybridized carbons (Fsp3) is 0.125. The van der Waals surface area contributed by atoms with Crippen LogP contribution in [0.2, 0.25) is 5.02 Å². The number of ether oxygens (including phenoxy) is 2. The Hall–Kier alpha value is -2.53. The Morgan fingerprint density at radius 2 is 1.86 bits per heavy atom. The standard InChI is InChI=1S/C16H13ClN2O3/c1-20-13-7-5-11(6-8-13)16-19-18-15(22-16)10-21-14-4-2-3-12(17)9-14/h2-9H,10H2,1H3. The Morgan fingerprint density at radius 1 is 1.05 bits per heavy atom. The third-order valence-corrected chi connectivity index (χ3v) is 3.20. The van der Waals surface area contributed by atoms with Crippen molar-refractivity contribution in [3.63, 3.8) is 0 Å². The minimum atomic E-state index is 0.184. The molecule has 0 radical (unpaired) electrons. The third kappa shape index (κ3) is 3.38. The number of hydrogen-bond donors (Lipinski definition) is 0. The molecule has 0 aliphatic rings. The van der Waals surface area contributed by atoms with Crippen LogP contribution in [0.4, 0.5) is 0 Å². The van der Waals surface area contributed by atoms with Crippen molar-refractivity contribution in [1.82, 2.24) is 10.2 Å². The number of hydrogen-bond acceptors (Lipinski definition) is 5. The average molecular weight is 317 g/mol. The van der Waals surface area contributed by atoms with Crippen molar-refractivity contribution in [2.75, 3.05) is 7.11 Å². The molecule has 0 unspecified atom stereocenters. The summed E-state index contributed by atoms with van der Waals surface area (Å²) in [4.78, 5) is 0. The monoisotopic (exact) mass is 316 g/mol. The molecule has 5 nitrogen and oxygen atoms in total. The van der Waals surface area contributed by atoms with Crippen LogP contribution in [0.25, 0.3) is 11.5 Å². The molecule has 22 heavy (non-hydrogen) atoms. The molecule has 0 saturated heterocycles. The summed E-state index contributed by atoms with van der Waals surface area (Å²) in [5, 5.41) is 8.59. The minimum absolute atomic E-state index is 0.184. The quantitative estimate of drug-likeness (QED) is 0.712. The number of nitrogens with zero attached hydrogens (tertiary/aromatic N) is 2. The van der Waals surface area contributed by atoms with E-state index >= 15 is 0 Å². The van der Waals surface area contributed by atoms with E-state index in [1.165, 1.54) is 0 Å². The van der Waals surface area contributed by atoms with Gasteiger partial charge in [-0.15, -0.1) is 10.2 Å². The first-order chi connectivity index (χ1) is 10.7. The normalized spacial score (nSPS) is 10.5. The first-order valence-electron chi connectivity index (χ1n) is 6.60. The van der Waals surface area contributed by atoms with E-state index in [2.05, 4.69) is 10.2 Å². The summed E-state index contributed by atoms with van der Waals surface area (Å²) in [5.74, 6) is 2.25. The van der Waals surface area contributed by atoms with E-state index in [9.17, 15) is 0 Å². The van der Waals surface area contributed by atoms with Crippen LogP contribution < -0.4 is 9.47 Å². The van der Waals surface area contributed by atoms with Crippen LogP contribution in [0.15, 0.2) is 52.9 Å². The topological polar surface area (TPSA) is 57.4 Å². The second-order valence-electron chi connectivity index (χ2n) is 4.48. The van der Waals surface area contributed by atoms with E-state index in [0.29, 0.717) is 22.6 Å². The largest absolute Gasteiger partial charge is 0.497 e. The van der Waals surface area contributed by atoms with Gasteiger partial charge in [-0.2, -0.15) is 0 Å². The summed E-state index contributed by atoms with van der Waals surface area (Å²) in [5.41, 5.74) is 0.822. The molecule has 0 aliphatic heterocycles. The van der Waals surface area contributed by atoms with Crippen LogP contribution in [0.3, 0.4) is 0 Å². The van der Waals surface area contributed by atoms with E-state index in [1.807, 2.05) is 36.4 Å². The highest BCUT2D eigenvalue weighted by molar-refractivity contribution is 6.30. The van der Waals surface area contributed by atoms with Crippen molar-refractivity contribution in [3.8, 4) is 23.0 Å². The summed E-state index contributed by atoms with van der Waals surface area (Å²) in [6.07, 6.45) is 0. The number of rotatable bonds is 5. The predicted octanol–water partition coefficient (Wildman–Crippen LogP) is 3.98. The van der Waals surface area contributed by atoms with Gasteiger partial charge >= 0.3 is 0 Å². The number of aromatic nitrogens is 2. The maximum absolute atomic E-state index is 5.89. The molecule has 1 heterocycles. The van der Waals surface area contributed by atoms with E-state index in [-0.39, 0.29) is 6.61 Å². The van der Waals surface area contributed by atoms with Gasteiger partial charge < -0.3 is 13.9 Å². The maximum Gasteiger partial charge on any atom is 0.254 e. The summed E-state index contributed by atoms with van der Waals surface area (Å²) in [6, 6.07) is 14.5. The van der Waals surface area contributed by atoms with Crippen LogP contribution in [-0.2, 0) is 6.61 Å². The van der Waals surface area contributed by atoms with E-state index in [1.54, 1.807) is 19.2 Å². The van der Waals surface area contributed by atoms with Gasteiger partial charge in [0.15, 0.2) is 6.61 Å². The zero-order chi connectivity index (χ0) is 15.4. The van der Waals surface area contributed by atoms with Crippen molar-refractivity contribution < 1.29 is 13.9 Å². The predicted molar refractivity (Wildman–Crippen MR) is 82.1 cm³/mol. The van der Waals surface area contributed by atoms with Crippen LogP contribution in [0, 0.1) is 0 Å². The molecule has 0 amide bonds. The van der Waals surface area contributed by atoms with Gasteiger partial charge in [0.25, 0.3) is 5.89 Å². The molecule has 6 heteroatoms. The summed E-state index contributed by atoms with van der Waals surface area (Å²) in [6.45, 7) is 0.184. The van der Waals surface area contributed by atoms with Gasteiger partial charge in [-0.3, -0.25) is 0 Å². The second-order valence-corrected chi connectivity index (χ2v) is 4.91. The molecule has 0 aliphatic carbocycles. The molecular weight excluding hydrogens is 304 g/mol. The fourth-order valence-corrected chi connectivity index (χ4v) is 2.04. The summed E-state index contributed by atoms with van der Waals surface area (Å²) < 4.78 is 16.2. The molecule has 0 fully saturated rings. The van der Waals surface area contributed by atoms with Crippen molar-refractivity contribution >= 4 is 11.6 Å². The van der Waals surface area contributed by atoms with Crippen molar-refractivity contribution in [1.29, 1.82) is 0 Å². The molecule has 0 bridgehead atoms. The van der Waals surface area contributed by atoms with Crippen LogP contribution in [-0.4, -0.2) is 17.3 Å². The lowest BCUT2D eigenvalue weighted by Gasteiger charge is -2.03. The molecule has 3 aromatic rings. The molecule has 112 valence electrons. The van der Waals surface area contributed by atoms with Crippen molar-refractivity contribution in [2.45, 2.75) is 6.61 Å². The zero-order valence-electron chi connectivity index (χ0n) is 11.8. The van der Waals surface area contributed by atoms with Gasteiger partial charge in [0, 0.05) is 10.6 Å². The lowest BCUT2D eigenvalue weighted by Crippen LogP contribution is -1.95. The third-order valence-electron chi connectivity index (χ3n) is 2.96. The van der Waals surface area contributed by atoms with Gasteiger partial charge in [0.05, 0.1) is 7.11 Å². The van der Waals surface area contributed by atoms with Crippen molar-refractivity contribution in [2.24, 2.45) is 0 Å². The molecule has 0 N–H and O–H groups in total. The smallest absolute Gasteiger partial charge is 0.254 e. The first-order valence-corrected chi connectivity index (χ1v) is 6.97. The molecule has 1 aromatic heterocycles. The average Bonchev–Trinajstić information content (AvgIpc) is 3.02. The van der Waals surface area contributed by atoms with Gasteiger partial charge in [-0.25, -0.2) is 0 Å². The van der Waals surface area contributed by atoms with Crippen LogP contribution in [0.1, 0.15) is 5.89 Å². The highest BCUT2D eigenvalue weighted by atomic mass is 35.5. The number of benzene rings is 2. The Bertz CT molecular complexity index is 756. The Balaban J connectivity index is 1.68. The molecule has 0 saturated carbocycles.